The van der Waals surface area contributed by atoms with E-state index in [0.29, 0.717) is 22.6 Å². The first-order chi connectivity index (χ1) is 11.9. The Balaban J connectivity index is 1.78. The molecule has 0 radical (unpaired) electrons. The summed E-state index contributed by atoms with van der Waals surface area (Å²) in [6.07, 6.45) is 1.29. The summed E-state index contributed by atoms with van der Waals surface area (Å²) >= 11 is 0. The number of nitro benzene ring substituents is 1. The topological polar surface area (TPSA) is 120 Å². The minimum Gasteiger partial charge on any atom is -0.454 e. The summed E-state index contributed by atoms with van der Waals surface area (Å²) in [5.41, 5.74) is 0.692. The molecule has 1 aliphatic heterocycles. The Morgan fingerprint density at radius 3 is 2.72 bits per heavy atom. The lowest BCUT2D eigenvalue weighted by atomic mass is 10.2. The lowest BCUT2D eigenvalue weighted by Gasteiger charge is -2.04. The molecule has 10 heteroatoms. The molecule has 0 unspecified atom stereocenters. The predicted molar refractivity (Wildman–Crippen MR) is 88.3 cm³/mol. The summed E-state index contributed by atoms with van der Waals surface area (Å²) < 4.78 is 34.8. The van der Waals surface area contributed by atoms with Crippen molar-refractivity contribution in [2.45, 2.75) is 11.8 Å². The number of rotatable bonds is 5. The smallest absolute Gasteiger partial charge is 0.276 e. The highest BCUT2D eigenvalue weighted by Crippen LogP contribution is 2.32. The van der Waals surface area contributed by atoms with Crippen molar-refractivity contribution in [3.63, 3.8) is 0 Å². The molecule has 2 aromatic rings. The fourth-order valence-electron chi connectivity index (χ4n) is 2.17. The zero-order valence-corrected chi connectivity index (χ0v) is 13.8. The van der Waals surface area contributed by atoms with Crippen molar-refractivity contribution in [3.8, 4) is 11.5 Å². The van der Waals surface area contributed by atoms with Crippen molar-refractivity contribution < 1.29 is 22.8 Å². The second kappa shape index (κ2) is 6.40. The van der Waals surface area contributed by atoms with Crippen LogP contribution in [0.2, 0.25) is 0 Å². The van der Waals surface area contributed by atoms with Crippen LogP contribution in [0.25, 0.3) is 0 Å². The molecule has 0 aromatic heterocycles. The van der Waals surface area contributed by atoms with Gasteiger partial charge < -0.3 is 9.47 Å². The van der Waals surface area contributed by atoms with Crippen molar-refractivity contribution in [1.29, 1.82) is 0 Å². The predicted octanol–water partition coefficient (Wildman–Crippen LogP) is 1.94. The van der Waals surface area contributed by atoms with Crippen LogP contribution in [-0.4, -0.2) is 26.3 Å². The average molecular weight is 363 g/mol. The van der Waals surface area contributed by atoms with E-state index in [1.54, 1.807) is 18.2 Å². The van der Waals surface area contributed by atoms with Crippen LogP contribution in [0, 0.1) is 17.0 Å². The van der Waals surface area contributed by atoms with Gasteiger partial charge in [-0.3, -0.25) is 10.1 Å². The maximum Gasteiger partial charge on any atom is 0.276 e. The van der Waals surface area contributed by atoms with Crippen LogP contribution in [0.1, 0.15) is 11.1 Å². The van der Waals surface area contributed by atoms with Gasteiger partial charge in [-0.25, -0.2) is 4.83 Å². The van der Waals surface area contributed by atoms with E-state index < -0.39 is 14.9 Å². The quantitative estimate of drug-likeness (QED) is 0.492. The molecule has 1 aliphatic rings. The molecule has 1 heterocycles. The Morgan fingerprint density at radius 2 is 1.96 bits per heavy atom. The molecule has 130 valence electrons. The average Bonchev–Trinajstić information content (AvgIpc) is 3.02. The van der Waals surface area contributed by atoms with Gasteiger partial charge in [-0.2, -0.15) is 13.5 Å². The van der Waals surface area contributed by atoms with Crippen LogP contribution in [0.3, 0.4) is 0 Å². The van der Waals surface area contributed by atoms with Gasteiger partial charge >= 0.3 is 0 Å². The standard InChI is InChI=1S/C15H13N3O6S/c1-10-2-4-12(7-13(10)18(19)20)25(21,22)17-16-8-11-3-5-14-15(6-11)24-9-23-14/h2-8,17H,9H2,1H3. The summed E-state index contributed by atoms with van der Waals surface area (Å²) in [6.45, 7) is 1.66. The summed E-state index contributed by atoms with van der Waals surface area (Å²) in [5, 5.41) is 14.6. The fraction of sp³-hybridized carbons (Fsp3) is 0.133. The van der Waals surface area contributed by atoms with Gasteiger partial charge in [0, 0.05) is 11.6 Å². The van der Waals surface area contributed by atoms with Crippen molar-refractivity contribution >= 4 is 21.9 Å². The van der Waals surface area contributed by atoms with E-state index in [1.165, 1.54) is 25.3 Å². The molecule has 0 bridgehead atoms. The lowest BCUT2D eigenvalue weighted by molar-refractivity contribution is -0.385. The highest BCUT2D eigenvalue weighted by molar-refractivity contribution is 7.89. The molecular weight excluding hydrogens is 350 g/mol. The van der Waals surface area contributed by atoms with Crippen LogP contribution < -0.4 is 14.3 Å². The number of hydrazone groups is 1. The number of sulfonamides is 1. The van der Waals surface area contributed by atoms with Crippen molar-refractivity contribution in [2.75, 3.05) is 6.79 Å². The molecule has 0 saturated carbocycles. The summed E-state index contributed by atoms with van der Waals surface area (Å²) in [7, 11) is -4.02. The number of ether oxygens (including phenoxy) is 2. The van der Waals surface area contributed by atoms with E-state index in [4.69, 9.17) is 9.47 Å². The van der Waals surface area contributed by atoms with Crippen molar-refractivity contribution in [1.82, 2.24) is 4.83 Å². The van der Waals surface area contributed by atoms with Crippen LogP contribution in [-0.2, 0) is 10.0 Å². The molecule has 0 spiro atoms. The number of benzene rings is 2. The number of hydrogen-bond acceptors (Lipinski definition) is 7. The minimum absolute atomic E-state index is 0.134. The molecule has 0 saturated heterocycles. The molecule has 9 nitrogen and oxygen atoms in total. The van der Waals surface area contributed by atoms with Crippen LogP contribution in [0.4, 0.5) is 5.69 Å². The molecule has 25 heavy (non-hydrogen) atoms. The third kappa shape index (κ3) is 3.53. The van der Waals surface area contributed by atoms with Gasteiger partial charge in [0.2, 0.25) is 6.79 Å². The number of nitro groups is 1. The lowest BCUT2D eigenvalue weighted by Crippen LogP contribution is -2.18. The number of fused-ring (bicyclic) bond motifs is 1. The number of nitrogens with one attached hydrogen (secondary N) is 1. The zero-order valence-electron chi connectivity index (χ0n) is 13.0. The van der Waals surface area contributed by atoms with Crippen LogP contribution in [0.15, 0.2) is 46.4 Å². The zero-order chi connectivity index (χ0) is 18.0. The molecule has 0 amide bonds. The third-order valence-electron chi connectivity index (χ3n) is 3.47. The van der Waals surface area contributed by atoms with E-state index in [-0.39, 0.29) is 17.4 Å². The Morgan fingerprint density at radius 1 is 1.20 bits per heavy atom. The largest absolute Gasteiger partial charge is 0.454 e. The molecule has 0 atom stereocenters. The molecule has 0 aliphatic carbocycles. The Labute approximate surface area is 143 Å². The molecular formula is C15H13N3O6S. The molecule has 2 aromatic carbocycles. The van der Waals surface area contributed by atoms with Gasteiger partial charge in [-0.1, -0.05) is 6.07 Å². The van der Waals surface area contributed by atoms with Gasteiger partial charge in [-0.05, 0) is 36.8 Å². The highest BCUT2D eigenvalue weighted by Gasteiger charge is 2.19. The van der Waals surface area contributed by atoms with E-state index >= 15 is 0 Å². The maximum atomic E-state index is 12.2. The number of aryl methyl sites for hydroxylation is 1. The second-order valence-corrected chi connectivity index (χ2v) is 6.83. The normalized spacial score (nSPS) is 13.2. The van der Waals surface area contributed by atoms with Gasteiger partial charge in [0.15, 0.2) is 11.5 Å². The van der Waals surface area contributed by atoms with E-state index in [9.17, 15) is 18.5 Å². The molecule has 0 fully saturated rings. The Kier molecular flexibility index (Phi) is 4.28. The summed E-state index contributed by atoms with van der Waals surface area (Å²) in [6, 6.07) is 8.66. The first kappa shape index (κ1) is 16.7. The third-order valence-corrected chi connectivity index (χ3v) is 4.69. The Bertz CT molecular complexity index is 971. The summed E-state index contributed by atoms with van der Waals surface area (Å²) in [4.78, 5) is 12.1. The monoisotopic (exact) mass is 363 g/mol. The van der Waals surface area contributed by atoms with E-state index in [1.807, 2.05) is 4.83 Å². The minimum atomic E-state index is -4.02. The maximum absolute atomic E-state index is 12.2. The number of nitrogens with zero attached hydrogens (tertiary/aromatic N) is 2. The van der Waals surface area contributed by atoms with E-state index in [2.05, 4.69) is 5.10 Å². The first-order valence-corrected chi connectivity index (χ1v) is 8.55. The van der Waals surface area contributed by atoms with Crippen LogP contribution >= 0.6 is 0 Å². The summed E-state index contributed by atoms with van der Waals surface area (Å²) in [5.74, 6) is 1.14. The molecule has 1 N–H and O–H groups in total. The first-order valence-electron chi connectivity index (χ1n) is 7.06. The van der Waals surface area contributed by atoms with Crippen molar-refractivity contribution in [3.05, 3.63) is 57.6 Å². The second-order valence-electron chi connectivity index (χ2n) is 5.17. The molecule has 3 rings (SSSR count). The van der Waals surface area contributed by atoms with Gasteiger partial charge in [0.25, 0.3) is 15.7 Å². The van der Waals surface area contributed by atoms with E-state index in [0.717, 1.165) is 6.07 Å². The van der Waals surface area contributed by atoms with Crippen LogP contribution in [0.5, 0.6) is 11.5 Å². The SMILES string of the molecule is Cc1ccc(S(=O)(=O)NN=Cc2ccc3c(c2)OCO3)cc1[N+](=O)[O-]. The van der Waals surface area contributed by atoms with Crippen molar-refractivity contribution in [2.24, 2.45) is 5.10 Å². The van der Waals surface area contributed by atoms with Gasteiger partial charge in [-0.15, -0.1) is 0 Å². The number of hydrogen-bond donors (Lipinski definition) is 1. The fourth-order valence-corrected chi connectivity index (χ4v) is 2.98. The highest BCUT2D eigenvalue weighted by atomic mass is 32.2. The van der Waals surface area contributed by atoms with Gasteiger partial charge in [0.1, 0.15) is 0 Å². The Hall–Kier alpha value is -3.14. The van der Waals surface area contributed by atoms with Gasteiger partial charge in [0.05, 0.1) is 16.0 Å².